The van der Waals surface area contributed by atoms with Gasteiger partial charge in [-0.1, -0.05) is 0 Å². The van der Waals surface area contributed by atoms with Gasteiger partial charge in [-0.05, 0) is 48.5 Å². The average molecular weight is 257 g/mol. The van der Waals surface area contributed by atoms with Gasteiger partial charge in [0.25, 0.3) is 0 Å². The third kappa shape index (κ3) is 2.24. The highest BCUT2D eigenvalue weighted by atomic mass is 16.5. The maximum Gasteiger partial charge on any atom is 0.136 e. The van der Waals surface area contributed by atoms with Gasteiger partial charge in [-0.2, -0.15) is 0 Å². The first-order valence-corrected chi connectivity index (χ1v) is 6.69. The molecule has 0 amide bonds. The Morgan fingerprint density at radius 3 is 3.05 bits per heavy atom. The van der Waals surface area contributed by atoms with Crippen LogP contribution in [0.1, 0.15) is 6.42 Å². The number of rotatable bonds is 3. The van der Waals surface area contributed by atoms with Gasteiger partial charge in [0.15, 0.2) is 0 Å². The molecule has 1 atom stereocenters. The summed E-state index contributed by atoms with van der Waals surface area (Å²) in [5, 5.41) is 2.35. The molecule has 1 fully saturated rings. The lowest BCUT2D eigenvalue weighted by molar-refractivity contribution is 0.415. The van der Waals surface area contributed by atoms with Crippen molar-refractivity contribution in [3.63, 3.8) is 0 Å². The Morgan fingerprint density at radius 2 is 2.32 bits per heavy atom. The lowest BCUT2D eigenvalue weighted by Crippen LogP contribution is -2.23. The first-order valence-electron chi connectivity index (χ1n) is 6.69. The second kappa shape index (κ2) is 5.05. The third-order valence-electron chi connectivity index (χ3n) is 3.87. The van der Waals surface area contributed by atoms with Crippen LogP contribution in [0, 0.1) is 5.92 Å². The van der Waals surface area contributed by atoms with Gasteiger partial charge in [-0.3, -0.25) is 0 Å². The molecule has 0 bridgehead atoms. The second-order valence-corrected chi connectivity index (χ2v) is 5.06. The highest BCUT2D eigenvalue weighted by molar-refractivity contribution is 5.93. The number of aromatic nitrogens is 1. The summed E-state index contributed by atoms with van der Waals surface area (Å²) >= 11 is 0. The zero-order valence-electron chi connectivity index (χ0n) is 11.2. The van der Waals surface area contributed by atoms with Gasteiger partial charge in [-0.25, -0.2) is 4.98 Å². The molecular weight excluding hydrogens is 238 g/mol. The predicted octanol–water partition coefficient (Wildman–Crippen LogP) is 2.03. The molecule has 1 unspecified atom stereocenters. The fourth-order valence-electron chi connectivity index (χ4n) is 2.74. The zero-order chi connectivity index (χ0) is 13.2. The van der Waals surface area contributed by atoms with E-state index in [0.717, 1.165) is 37.6 Å². The second-order valence-electron chi connectivity index (χ2n) is 5.06. The number of nitrogens with zero attached hydrogens (tertiary/aromatic N) is 2. The maximum atomic E-state index is 5.76. The van der Waals surface area contributed by atoms with Crippen LogP contribution in [0.25, 0.3) is 10.8 Å². The third-order valence-corrected chi connectivity index (χ3v) is 3.87. The number of ether oxygens (including phenoxy) is 1. The van der Waals surface area contributed by atoms with Crippen LogP contribution >= 0.6 is 0 Å². The quantitative estimate of drug-likeness (QED) is 0.914. The van der Waals surface area contributed by atoms with Crippen molar-refractivity contribution >= 4 is 16.6 Å². The molecule has 1 aromatic carbocycles. The molecule has 1 aliphatic heterocycles. The SMILES string of the molecule is COc1ccc2c(N3CCC(CN)C3)nccc2c1. The Kier molecular flexibility index (Phi) is 3.25. The highest BCUT2D eigenvalue weighted by Crippen LogP contribution is 2.30. The van der Waals surface area contributed by atoms with Crippen molar-refractivity contribution in [3.8, 4) is 5.75 Å². The van der Waals surface area contributed by atoms with Crippen molar-refractivity contribution in [1.29, 1.82) is 0 Å². The van der Waals surface area contributed by atoms with Gasteiger partial charge in [0.1, 0.15) is 11.6 Å². The summed E-state index contributed by atoms with van der Waals surface area (Å²) in [5.74, 6) is 2.54. The fraction of sp³-hybridized carbons (Fsp3) is 0.400. The molecule has 0 aliphatic carbocycles. The predicted molar refractivity (Wildman–Crippen MR) is 77.7 cm³/mol. The zero-order valence-corrected chi connectivity index (χ0v) is 11.2. The molecule has 2 aromatic rings. The topological polar surface area (TPSA) is 51.4 Å². The summed E-state index contributed by atoms with van der Waals surface area (Å²) in [7, 11) is 1.69. The molecule has 100 valence electrons. The highest BCUT2D eigenvalue weighted by Gasteiger charge is 2.23. The van der Waals surface area contributed by atoms with E-state index in [4.69, 9.17) is 10.5 Å². The summed E-state index contributed by atoms with van der Waals surface area (Å²) in [6.07, 6.45) is 3.03. The van der Waals surface area contributed by atoms with E-state index in [1.165, 1.54) is 10.8 Å². The molecule has 0 spiro atoms. The van der Waals surface area contributed by atoms with E-state index in [-0.39, 0.29) is 0 Å². The molecular formula is C15H19N3O. The van der Waals surface area contributed by atoms with Crippen molar-refractivity contribution in [2.24, 2.45) is 11.7 Å². The van der Waals surface area contributed by atoms with E-state index >= 15 is 0 Å². The molecule has 2 N–H and O–H groups in total. The van der Waals surface area contributed by atoms with E-state index in [1.807, 2.05) is 18.3 Å². The van der Waals surface area contributed by atoms with Crippen LogP contribution in [-0.2, 0) is 0 Å². The van der Waals surface area contributed by atoms with Crippen LogP contribution in [0.4, 0.5) is 5.82 Å². The molecule has 0 saturated carbocycles. The number of hydrogen-bond donors (Lipinski definition) is 1. The molecule has 3 rings (SSSR count). The van der Waals surface area contributed by atoms with Gasteiger partial charge < -0.3 is 15.4 Å². The minimum Gasteiger partial charge on any atom is -0.497 e. The van der Waals surface area contributed by atoms with Gasteiger partial charge in [-0.15, -0.1) is 0 Å². The van der Waals surface area contributed by atoms with E-state index in [2.05, 4.69) is 22.0 Å². The number of anilines is 1. The van der Waals surface area contributed by atoms with E-state index in [0.29, 0.717) is 5.92 Å². The van der Waals surface area contributed by atoms with Gasteiger partial charge in [0.05, 0.1) is 7.11 Å². The summed E-state index contributed by atoms with van der Waals surface area (Å²) < 4.78 is 5.27. The number of fused-ring (bicyclic) bond motifs is 1. The van der Waals surface area contributed by atoms with Gasteiger partial charge >= 0.3 is 0 Å². The van der Waals surface area contributed by atoms with Crippen LogP contribution in [0.15, 0.2) is 30.5 Å². The molecule has 1 aliphatic rings. The first-order chi connectivity index (χ1) is 9.31. The molecule has 19 heavy (non-hydrogen) atoms. The standard InChI is InChI=1S/C15H19N3O/c1-19-13-2-3-14-12(8-13)4-6-17-15(14)18-7-5-11(9-16)10-18/h2-4,6,8,11H,5,7,9-10,16H2,1H3. The van der Waals surface area contributed by atoms with Gasteiger partial charge in [0, 0.05) is 24.7 Å². The largest absolute Gasteiger partial charge is 0.497 e. The van der Waals surface area contributed by atoms with E-state index < -0.39 is 0 Å². The number of benzene rings is 1. The van der Waals surface area contributed by atoms with Crippen LogP contribution in [-0.4, -0.2) is 31.7 Å². The lowest BCUT2D eigenvalue weighted by Gasteiger charge is -2.19. The van der Waals surface area contributed by atoms with Crippen LogP contribution in [0.2, 0.25) is 0 Å². The molecule has 4 nitrogen and oxygen atoms in total. The normalized spacial score (nSPS) is 19.1. The number of methoxy groups -OCH3 is 1. The Bertz CT molecular complexity index is 585. The summed E-state index contributed by atoms with van der Waals surface area (Å²) in [6.45, 7) is 2.81. The van der Waals surface area contributed by atoms with Crippen LogP contribution < -0.4 is 15.4 Å². The minimum absolute atomic E-state index is 0.593. The Labute approximate surface area is 113 Å². The van der Waals surface area contributed by atoms with Crippen LogP contribution in [0.3, 0.4) is 0 Å². The van der Waals surface area contributed by atoms with E-state index in [9.17, 15) is 0 Å². The summed E-state index contributed by atoms with van der Waals surface area (Å²) in [5.41, 5.74) is 5.76. The maximum absolute atomic E-state index is 5.76. The Morgan fingerprint density at radius 1 is 1.42 bits per heavy atom. The number of hydrogen-bond acceptors (Lipinski definition) is 4. The average Bonchev–Trinajstić information content (AvgIpc) is 2.94. The van der Waals surface area contributed by atoms with Crippen molar-refractivity contribution in [3.05, 3.63) is 30.5 Å². The van der Waals surface area contributed by atoms with Crippen LogP contribution in [0.5, 0.6) is 5.75 Å². The monoisotopic (exact) mass is 257 g/mol. The van der Waals surface area contributed by atoms with Crippen molar-refractivity contribution in [1.82, 2.24) is 4.98 Å². The summed E-state index contributed by atoms with van der Waals surface area (Å²) in [4.78, 5) is 6.90. The lowest BCUT2D eigenvalue weighted by atomic mass is 10.1. The van der Waals surface area contributed by atoms with Gasteiger partial charge in [0.2, 0.25) is 0 Å². The first kappa shape index (κ1) is 12.2. The van der Waals surface area contributed by atoms with Crippen molar-refractivity contribution in [2.45, 2.75) is 6.42 Å². The Balaban J connectivity index is 2.00. The molecule has 1 aromatic heterocycles. The Hall–Kier alpha value is -1.81. The number of pyridine rings is 1. The van der Waals surface area contributed by atoms with E-state index in [1.54, 1.807) is 7.11 Å². The summed E-state index contributed by atoms with van der Waals surface area (Å²) in [6, 6.07) is 8.16. The molecule has 4 heteroatoms. The van der Waals surface area contributed by atoms with Crippen molar-refractivity contribution in [2.75, 3.05) is 31.6 Å². The fourth-order valence-corrected chi connectivity index (χ4v) is 2.74. The minimum atomic E-state index is 0.593. The number of nitrogens with two attached hydrogens (primary N) is 1. The molecule has 2 heterocycles. The van der Waals surface area contributed by atoms with Crippen molar-refractivity contribution < 1.29 is 4.74 Å². The smallest absolute Gasteiger partial charge is 0.136 e. The molecule has 1 saturated heterocycles. The molecule has 0 radical (unpaired) electrons.